The van der Waals surface area contributed by atoms with Gasteiger partial charge in [-0.3, -0.25) is 19.4 Å². The first-order valence-electron chi connectivity index (χ1n) is 14.8. The number of carbonyl (C=O) groups is 5. The normalized spacial score (nSPS) is 39.0. The summed E-state index contributed by atoms with van der Waals surface area (Å²) in [6.07, 6.45) is 4.15. The second kappa shape index (κ2) is 9.61. The molecule has 11 heteroatoms. The van der Waals surface area contributed by atoms with Crippen molar-refractivity contribution in [1.29, 1.82) is 0 Å². The predicted molar refractivity (Wildman–Crippen MR) is 148 cm³/mol. The number of fused-ring (bicyclic) bond motifs is 7. The van der Waals surface area contributed by atoms with E-state index in [2.05, 4.69) is 11.9 Å². The Morgan fingerprint density at radius 2 is 1.86 bits per heavy atom. The van der Waals surface area contributed by atoms with Gasteiger partial charge in [-0.1, -0.05) is 19.4 Å². The van der Waals surface area contributed by atoms with E-state index in [4.69, 9.17) is 23.4 Å². The summed E-state index contributed by atoms with van der Waals surface area (Å²) in [5.41, 5.74) is -0.648. The maximum absolute atomic E-state index is 14.7. The van der Waals surface area contributed by atoms with Crippen LogP contribution < -0.4 is 0 Å². The van der Waals surface area contributed by atoms with E-state index in [1.807, 2.05) is 0 Å². The van der Waals surface area contributed by atoms with Crippen LogP contribution in [0.1, 0.15) is 68.5 Å². The zero-order valence-corrected chi connectivity index (χ0v) is 24.9. The van der Waals surface area contributed by atoms with E-state index in [1.165, 1.54) is 31.8 Å². The topological polar surface area (TPSA) is 148 Å². The molecule has 230 valence electrons. The smallest absolute Gasteiger partial charge is 0.347 e. The first-order chi connectivity index (χ1) is 21.0. The van der Waals surface area contributed by atoms with E-state index in [1.54, 1.807) is 32.2 Å². The molecule has 2 saturated heterocycles. The third kappa shape index (κ3) is 3.61. The number of ketones is 1. The number of furan rings is 1. The van der Waals surface area contributed by atoms with Gasteiger partial charge in [0.05, 0.1) is 37.5 Å². The first kappa shape index (κ1) is 28.5. The molecule has 0 amide bonds. The van der Waals surface area contributed by atoms with E-state index in [-0.39, 0.29) is 36.1 Å². The zero-order valence-electron chi connectivity index (χ0n) is 24.9. The number of allylic oxidation sites excluding steroid dienone is 1. The van der Waals surface area contributed by atoms with Crippen molar-refractivity contribution in [2.24, 2.45) is 34.0 Å². The quantitative estimate of drug-likeness (QED) is 0.284. The fourth-order valence-electron chi connectivity index (χ4n) is 9.27. The van der Waals surface area contributed by atoms with Gasteiger partial charge in [-0.15, -0.1) is 0 Å². The summed E-state index contributed by atoms with van der Waals surface area (Å²) < 4.78 is 28.1. The molecule has 11 nitrogen and oxygen atoms in total. The highest BCUT2D eigenvalue weighted by molar-refractivity contribution is 5.99. The molecular weight excluding hydrogens is 570 g/mol. The van der Waals surface area contributed by atoms with Gasteiger partial charge in [-0.25, -0.2) is 9.59 Å². The SMILES string of the molecule is COC(=O)[C@@H]1OC(=O)C2(C)C1[C@]1(C)C(=O)[C@@H](CC3=C4CC(=O)O[C@@H](c5ccoc5)[C@]4(C)CC[C@@H]31)[C@H]2OC(=O)c1cccnc1. The number of carbonyl (C=O) groups excluding carboxylic acids is 5. The van der Waals surface area contributed by atoms with E-state index < -0.39 is 64.3 Å². The molecule has 2 unspecified atom stereocenters. The summed E-state index contributed by atoms with van der Waals surface area (Å²) >= 11 is 0. The summed E-state index contributed by atoms with van der Waals surface area (Å²) in [5, 5.41) is 0. The average molecular weight is 604 g/mol. The summed E-state index contributed by atoms with van der Waals surface area (Å²) in [6, 6.07) is 4.90. The van der Waals surface area contributed by atoms with Crippen molar-refractivity contribution < 1.29 is 47.3 Å². The van der Waals surface area contributed by atoms with Gasteiger partial charge in [0.2, 0.25) is 6.10 Å². The van der Waals surface area contributed by atoms with Gasteiger partial charge < -0.3 is 23.4 Å². The molecule has 4 heterocycles. The summed E-state index contributed by atoms with van der Waals surface area (Å²) in [5.74, 6) is -5.12. The molecule has 2 aliphatic heterocycles. The molecule has 5 aliphatic rings. The molecule has 3 aliphatic carbocycles. The van der Waals surface area contributed by atoms with E-state index in [0.717, 1.165) is 16.7 Å². The van der Waals surface area contributed by atoms with Gasteiger partial charge in [0.15, 0.2) is 0 Å². The Labute approximate surface area is 253 Å². The van der Waals surface area contributed by atoms with Crippen LogP contribution in [0.3, 0.4) is 0 Å². The number of aromatic nitrogens is 1. The highest BCUT2D eigenvalue weighted by Crippen LogP contribution is 2.69. The average Bonchev–Trinajstić information content (AvgIpc) is 3.64. The van der Waals surface area contributed by atoms with Crippen molar-refractivity contribution in [2.75, 3.05) is 7.11 Å². The van der Waals surface area contributed by atoms with Gasteiger partial charge in [0.1, 0.15) is 23.4 Å². The van der Waals surface area contributed by atoms with Crippen molar-refractivity contribution in [2.45, 2.75) is 64.8 Å². The molecule has 2 aromatic heterocycles. The van der Waals surface area contributed by atoms with Gasteiger partial charge in [-0.05, 0) is 55.9 Å². The van der Waals surface area contributed by atoms with Crippen molar-refractivity contribution >= 4 is 29.7 Å². The van der Waals surface area contributed by atoms with Crippen LogP contribution in [-0.4, -0.2) is 54.0 Å². The third-order valence-corrected chi connectivity index (χ3v) is 11.3. The molecule has 44 heavy (non-hydrogen) atoms. The molecular formula is C33H33NO10. The van der Waals surface area contributed by atoms with Crippen LogP contribution in [0.5, 0.6) is 0 Å². The summed E-state index contributed by atoms with van der Waals surface area (Å²) in [6.45, 7) is 5.48. The zero-order chi connectivity index (χ0) is 31.2. The van der Waals surface area contributed by atoms with Crippen LogP contribution in [0.2, 0.25) is 0 Å². The molecule has 0 aromatic carbocycles. The van der Waals surface area contributed by atoms with E-state index >= 15 is 0 Å². The second-order valence-electron chi connectivity index (χ2n) is 13.3. The molecule has 2 bridgehead atoms. The second-order valence-corrected chi connectivity index (χ2v) is 13.3. The number of esters is 4. The predicted octanol–water partition coefficient (Wildman–Crippen LogP) is 3.93. The van der Waals surface area contributed by atoms with Crippen LogP contribution in [0, 0.1) is 34.0 Å². The molecule has 2 aromatic rings. The minimum absolute atomic E-state index is 0.0472. The van der Waals surface area contributed by atoms with Crippen molar-refractivity contribution in [1.82, 2.24) is 4.98 Å². The minimum atomic E-state index is -1.52. The van der Waals surface area contributed by atoms with Crippen LogP contribution in [0.15, 0.2) is 58.7 Å². The fourth-order valence-corrected chi connectivity index (χ4v) is 9.27. The van der Waals surface area contributed by atoms with Crippen molar-refractivity contribution in [3.05, 3.63) is 65.4 Å². The minimum Gasteiger partial charge on any atom is -0.472 e. The number of rotatable bonds is 4. The number of hydrogen-bond acceptors (Lipinski definition) is 11. The maximum Gasteiger partial charge on any atom is 0.347 e. The highest BCUT2D eigenvalue weighted by atomic mass is 16.6. The maximum atomic E-state index is 14.7. The highest BCUT2D eigenvalue weighted by Gasteiger charge is 2.77. The molecule has 9 atom stereocenters. The van der Waals surface area contributed by atoms with Gasteiger partial charge >= 0.3 is 23.9 Å². The number of methoxy groups -OCH3 is 1. The molecule has 0 spiro atoms. The molecule has 0 N–H and O–H groups in total. The third-order valence-electron chi connectivity index (χ3n) is 11.3. The fraction of sp³-hybridized carbons (Fsp3) is 0.515. The number of Topliss-reactive ketones (excluding diaryl/α,β-unsaturated/α-hetero) is 1. The van der Waals surface area contributed by atoms with E-state index in [0.29, 0.717) is 12.8 Å². The largest absolute Gasteiger partial charge is 0.472 e. The number of pyridine rings is 1. The summed E-state index contributed by atoms with van der Waals surface area (Å²) in [7, 11) is 1.20. The Kier molecular flexibility index (Phi) is 6.22. The van der Waals surface area contributed by atoms with Crippen LogP contribution in [0.4, 0.5) is 0 Å². The Balaban J connectivity index is 1.41. The number of nitrogens with zero attached hydrogens (tertiary/aromatic N) is 1. The lowest BCUT2D eigenvalue weighted by molar-refractivity contribution is -0.185. The first-order valence-corrected chi connectivity index (χ1v) is 14.8. The number of hydrogen-bond donors (Lipinski definition) is 0. The summed E-state index contributed by atoms with van der Waals surface area (Å²) in [4.78, 5) is 72.2. The van der Waals surface area contributed by atoms with Crippen LogP contribution in [0.25, 0.3) is 0 Å². The monoisotopic (exact) mass is 603 g/mol. The Morgan fingerprint density at radius 1 is 1.07 bits per heavy atom. The molecule has 2 saturated carbocycles. The van der Waals surface area contributed by atoms with Gasteiger partial charge in [0.25, 0.3) is 0 Å². The van der Waals surface area contributed by atoms with Crippen molar-refractivity contribution in [3.63, 3.8) is 0 Å². The number of cyclic esters (lactones) is 2. The Hall–Kier alpha value is -4.28. The molecule has 7 rings (SSSR count). The van der Waals surface area contributed by atoms with Crippen molar-refractivity contribution in [3.8, 4) is 0 Å². The Morgan fingerprint density at radius 3 is 2.55 bits per heavy atom. The standard InChI is InChI=1S/C33H33NO10/c1-31-9-7-20-18(21(31)13-22(35)42-26(31)17-8-11-41-15-17)12-19-25(36)32(20,2)24-23(29(38)40-4)43-30(39)33(24,3)27(19)44-28(37)16-6-5-10-34-14-16/h5-6,8,10-11,14-15,19-20,23-24,26-27H,7,9,12-13H2,1-4H3/t19-,20+,23-,24?,26+,27-,31-,32-,33?/m1/s1. The molecule has 0 radical (unpaired) electrons. The lowest BCUT2D eigenvalue weighted by atomic mass is 9.40. The van der Waals surface area contributed by atoms with Gasteiger partial charge in [-0.2, -0.15) is 0 Å². The van der Waals surface area contributed by atoms with Gasteiger partial charge in [0, 0.05) is 34.7 Å². The molecule has 4 fully saturated rings. The van der Waals surface area contributed by atoms with Crippen LogP contribution >= 0.6 is 0 Å². The Bertz CT molecular complexity index is 1610. The van der Waals surface area contributed by atoms with Crippen LogP contribution in [-0.2, 0) is 38.1 Å². The lowest BCUT2D eigenvalue weighted by Gasteiger charge is -2.61. The van der Waals surface area contributed by atoms with E-state index in [9.17, 15) is 24.0 Å². The number of ether oxygens (including phenoxy) is 4. The lowest BCUT2D eigenvalue weighted by Crippen LogP contribution is -2.69.